The van der Waals surface area contributed by atoms with E-state index in [4.69, 9.17) is 16.3 Å². The molecule has 1 heterocycles. The number of halogens is 1. The van der Waals surface area contributed by atoms with Crippen LogP contribution in [-0.4, -0.2) is 42.1 Å². The van der Waals surface area contributed by atoms with Gasteiger partial charge in [-0.05, 0) is 24.1 Å². The van der Waals surface area contributed by atoms with Crippen LogP contribution < -0.4 is 15.4 Å². The van der Waals surface area contributed by atoms with E-state index < -0.39 is 24.0 Å². The zero-order valence-electron chi connectivity index (χ0n) is 12.5. The van der Waals surface area contributed by atoms with Crippen molar-refractivity contribution >= 4 is 29.4 Å². The van der Waals surface area contributed by atoms with Crippen molar-refractivity contribution in [3.8, 4) is 5.75 Å². The summed E-state index contributed by atoms with van der Waals surface area (Å²) in [6.07, 6.45) is 0.709. The summed E-state index contributed by atoms with van der Waals surface area (Å²) in [5.41, 5.74) is 0.652. The van der Waals surface area contributed by atoms with Gasteiger partial charge in [-0.25, -0.2) is 4.79 Å². The van der Waals surface area contributed by atoms with E-state index >= 15 is 0 Å². The summed E-state index contributed by atoms with van der Waals surface area (Å²) < 4.78 is 5.04. The number of carboxylic acids is 1. The zero-order valence-corrected chi connectivity index (χ0v) is 13.2. The van der Waals surface area contributed by atoms with Gasteiger partial charge in [0.1, 0.15) is 17.8 Å². The summed E-state index contributed by atoms with van der Waals surface area (Å²) in [4.78, 5) is 34.5. The van der Waals surface area contributed by atoms with Crippen LogP contribution >= 0.6 is 11.6 Å². The van der Waals surface area contributed by atoms with Gasteiger partial charge in [-0.3, -0.25) is 9.59 Å². The third-order valence-corrected chi connectivity index (χ3v) is 3.88. The second kappa shape index (κ2) is 7.32. The lowest BCUT2D eigenvalue weighted by molar-refractivity contribution is -0.142. The summed E-state index contributed by atoms with van der Waals surface area (Å²) in [5.74, 6) is -1.38. The number of benzene rings is 1. The van der Waals surface area contributed by atoms with Crippen LogP contribution in [0.4, 0.5) is 0 Å². The number of hydrogen-bond acceptors (Lipinski definition) is 4. The van der Waals surface area contributed by atoms with Crippen molar-refractivity contribution in [2.24, 2.45) is 0 Å². The fraction of sp³-hybridized carbons (Fsp3) is 0.400. The lowest BCUT2D eigenvalue weighted by Crippen LogP contribution is -2.49. The van der Waals surface area contributed by atoms with Gasteiger partial charge in [-0.1, -0.05) is 17.7 Å². The molecule has 1 saturated heterocycles. The molecule has 0 spiro atoms. The van der Waals surface area contributed by atoms with Crippen LogP contribution in [0.1, 0.15) is 18.4 Å². The first kappa shape index (κ1) is 17.1. The molecule has 0 radical (unpaired) electrons. The van der Waals surface area contributed by atoms with Crippen molar-refractivity contribution < 1.29 is 24.2 Å². The van der Waals surface area contributed by atoms with Crippen molar-refractivity contribution in [2.45, 2.75) is 31.3 Å². The van der Waals surface area contributed by atoms with E-state index in [1.54, 1.807) is 18.2 Å². The largest absolute Gasteiger partial charge is 0.495 e. The normalized spacial score (nSPS) is 18.2. The minimum absolute atomic E-state index is 0.0749. The first-order valence-corrected chi connectivity index (χ1v) is 7.43. The first-order chi connectivity index (χ1) is 10.9. The van der Waals surface area contributed by atoms with Crippen LogP contribution in [-0.2, 0) is 20.8 Å². The number of rotatable bonds is 6. The molecule has 1 aromatic rings. The number of carbonyl (C=O) groups excluding carboxylic acids is 2. The Kier molecular flexibility index (Phi) is 5.44. The minimum Gasteiger partial charge on any atom is -0.495 e. The molecule has 2 rings (SSSR count). The maximum atomic E-state index is 12.0. The molecule has 0 bridgehead atoms. The Morgan fingerprint density at radius 3 is 2.78 bits per heavy atom. The Bertz CT molecular complexity index is 634. The molecule has 0 saturated carbocycles. The standard InChI is InChI=1S/C15H17ClN2O5/c1-23-12-4-2-8(6-9(12)16)7-11(15(21)22)18-14(20)10-3-5-13(19)17-10/h2,4,6,10-11H,3,5,7H2,1H3,(H,17,19)(H,18,20)(H,21,22)/t10-,11-/m1/s1. The third kappa shape index (κ3) is 4.35. The number of hydrogen-bond donors (Lipinski definition) is 3. The van der Waals surface area contributed by atoms with Crippen LogP contribution in [0.5, 0.6) is 5.75 Å². The van der Waals surface area contributed by atoms with Crippen molar-refractivity contribution in [1.29, 1.82) is 0 Å². The lowest BCUT2D eigenvalue weighted by atomic mass is 10.0. The Labute approximate surface area is 138 Å². The van der Waals surface area contributed by atoms with Crippen molar-refractivity contribution in [2.75, 3.05) is 7.11 Å². The fourth-order valence-electron chi connectivity index (χ4n) is 2.36. The molecule has 2 atom stereocenters. The smallest absolute Gasteiger partial charge is 0.326 e. The van der Waals surface area contributed by atoms with Gasteiger partial charge in [0.05, 0.1) is 12.1 Å². The summed E-state index contributed by atoms with van der Waals surface area (Å²) in [6.45, 7) is 0. The highest BCUT2D eigenvalue weighted by molar-refractivity contribution is 6.32. The highest BCUT2D eigenvalue weighted by Crippen LogP contribution is 2.25. The second-order valence-corrected chi connectivity index (χ2v) is 5.64. The van der Waals surface area contributed by atoms with E-state index in [1.807, 2.05) is 0 Å². The maximum absolute atomic E-state index is 12.0. The average molecular weight is 341 g/mol. The average Bonchev–Trinajstić information content (AvgIpc) is 2.93. The summed E-state index contributed by atoms with van der Waals surface area (Å²) in [5, 5.41) is 14.6. The molecule has 1 aromatic carbocycles. The van der Waals surface area contributed by atoms with Crippen molar-refractivity contribution in [1.82, 2.24) is 10.6 Å². The molecule has 0 aromatic heterocycles. The lowest BCUT2D eigenvalue weighted by Gasteiger charge is -2.18. The van der Waals surface area contributed by atoms with Crippen LogP contribution in [0.2, 0.25) is 5.02 Å². The van der Waals surface area contributed by atoms with E-state index in [9.17, 15) is 19.5 Å². The molecule has 1 aliphatic heterocycles. The molecule has 7 nitrogen and oxygen atoms in total. The molecule has 0 unspecified atom stereocenters. The van der Waals surface area contributed by atoms with E-state index in [1.165, 1.54) is 7.11 Å². The van der Waals surface area contributed by atoms with Crippen LogP contribution in [0.25, 0.3) is 0 Å². The molecular weight excluding hydrogens is 324 g/mol. The van der Waals surface area contributed by atoms with Gasteiger partial charge in [0.15, 0.2) is 0 Å². The van der Waals surface area contributed by atoms with E-state index in [0.29, 0.717) is 22.8 Å². The van der Waals surface area contributed by atoms with Gasteiger partial charge in [-0.15, -0.1) is 0 Å². The number of ether oxygens (including phenoxy) is 1. The van der Waals surface area contributed by atoms with Gasteiger partial charge in [0.25, 0.3) is 0 Å². The number of methoxy groups -OCH3 is 1. The number of nitrogens with one attached hydrogen (secondary N) is 2. The molecule has 3 N–H and O–H groups in total. The molecule has 2 amide bonds. The van der Waals surface area contributed by atoms with Crippen molar-refractivity contribution in [3.63, 3.8) is 0 Å². The predicted octanol–water partition coefficient (Wildman–Crippen LogP) is 0.739. The van der Waals surface area contributed by atoms with Crippen LogP contribution in [0.15, 0.2) is 18.2 Å². The number of aliphatic carboxylic acids is 1. The Balaban J connectivity index is 2.04. The van der Waals surface area contributed by atoms with E-state index in [2.05, 4.69) is 10.6 Å². The van der Waals surface area contributed by atoms with Gasteiger partial charge in [0.2, 0.25) is 11.8 Å². The van der Waals surface area contributed by atoms with Gasteiger partial charge >= 0.3 is 5.97 Å². The Morgan fingerprint density at radius 2 is 2.26 bits per heavy atom. The quantitative estimate of drug-likeness (QED) is 0.708. The van der Waals surface area contributed by atoms with Gasteiger partial charge in [0, 0.05) is 12.8 Å². The highest BCUT2D eigenvalue weighted by atomic mass is 35.5. The highest BCUT2D eigenvalue weighted by Gasteiger charge is 2.30. The monoisotopic (exact) mass is 340 g/mol. The SMILES string of the molecule is COc1ccc(C[C@@H](NC(=O)[C@H]2CCC(=O)N2)C(=O)O)cc1Cl. The number of carbonyl (C=O) groups is 3. The van der Waals surface area contributed by atoms with Crippen LogP contribution in [0, 0.1) is 0 Å². The zero-order chi connectivity index (χ0) is 17.0. The van der Waals surface area contributed by atoms with Gasteiger partial charge in [-0.2, -0.15) is 0 Å². The fourth-order valence-corrected chi connectivity index (χ4v) is 2.64. The third-order valence-electron chi connectivity index (χ3n) is 3.58. The number of carboxylic acid groups (broad SMARTS) is 1. The molecule has 8 heteroatoms. The second-order valence-electron chi connectivity index (χ2n) is 5.23. The Morgan fingerprint density at radius 1 is 1.52 bits per heavy atom. The topological polar surface area (TPSA) is 105 Å². The molecule has 1 fully saturated rings. The van der Waals surface area contributed by atoms with Crippen molar-refractivity contribution in [3.05, 3.63) is 28.8 Å². The van der Waals surface area contributed by atoms with E-state index in [-0.39, 0.29) is 18.7 Å². The summed E-state index contributed by atoms with van der Waals surface area (Å²) in [7, 11) is 1.48. The molecule has 1 aliphatic rings. The Hall–Kier alpha value is -2.28. The minimum atomic E-state index is -1.16. The molecule has 23 heavy (non-hydrogen) atoms. The maximum Gasteiger partial charge on any atom is 0.326 e. The molecule has 124 valence electrons. The molecular formula is C15H17ClN2O5. The van der Waals surface area contributed by atoms with Gasteiger partial charge < -0.3 is 20.5 Å². The molecule has 0 aliphatic carbocycles. The van der Waals surface area contributed by atoms with E-state index in [0.717, 1.165) is 0 Å². The number of amides is 2. The van der Waals surface area contributed by atoms with Crippen LogP contribution in [0.3, 0.4) is 0 Å². The predicted molar refractivity (Wildman–Crippen MR) is 82.4 cm³/mol. The first-order valence-electron chi connectivity index (χ1n) is 7.05. The summed E-state index contributed by atoms with van der Waals surface area (Å²) in [6, 6.07) is 3.13. The summed E-state index contributed by atoms with van der Waals surface area (Å²) >= 11 is 6.01.